The molecule has 0 aliphatic carbocycles. The molecule has 2 aliphatic heterocycles. The van der Waals surface area contributed by atoms with Crippen LogP contribution in [0.25, 0.3) is 0 Å². The van der Waals surface area contributed by atoms with Gasteiger partial charge in [-0.05, 0) is 44.2 Å². The van der Waals surface area contributed by atoms with Crippen LogP contribution in [0.15, 0.2) is 22.8 Å². The monoisotopic (exact) mass is 322 g/mol. The molecule has 0 unspecified atom stereocenters. The zero-order valence-corrected chi connectivity index (χ0v) is 13.5. The predicted octanol–water partition coefficient (Wildman–Crippen LogP) is 2.54. The standard InChI is InChI=1S/C17H26N2O4/c20-17(18-12-15-5-3-11-21-15)19-8-6-14(7-9-19)23-13-16-4-1-2-10-22-16/h3,5,11,14,16H,1-2,4,6-10,12-13H2,(H,18,20)/t16-/m0/s1. The molecule has 0 bridgehead atoms. The molecule has 2 saturated heterocycles. The molecule has 1 aromatic rings. The van der Waals surface area contributed by atoms with Crippen LogP contribution in [0.1, 0.15) is 37.9 Å². The number of piperidine rings is 1. The first-order chi connectivity index (χ1) is 11.3. The van der Waals surface area contributed by atoms with Gasteiger partial charge in [0.05, 0.1) is 31.6 Å². The van der Waals surface area contributed by atoms with Crippen LogP contribution in [0.5, 0.6) is 0 Å². The van der Waals surface area contributed by atoms with Crippen molar-refractivity contribution in [3.8, 4) is 0 Å². The summed E-state index contributed by atoms with van der Waals surface area (Å²) < 4.78 is 16.9. The molecule has 1 aromatic heterocycles. The molecule has 2 amide bonds. The second kappa shape index (κ2) is 8.36. The number of nitrogens with zero attached hydrogens (tertiary/aromatic N) is 1. The molecule has 6 nitrogen and oxygen atoms in total. The van der Waals surface area contributed by atoms with E-state index in [1.54, 1.807) is 6.26 Å². The maximum Gasteiger partial charge on any atom is 0.317 e. The summed E-state index contributed by atoms with van der Waals surface area (Å²) >= 11 is 0. The number of hydrogen-bond acceptors (Lipinski definition) is 4. The lowest BCUT2D eigenvalue weighted by atomic mass is 10.1. The molecule has 3 heterocycles. The minimum absolute atomic E-state index is 0.0320. The lowest BCUT2D eigenvalue weighted by Crippen LogP contribution is -2.46. The van der Waals surface area contributed by atoms with Crippen molar-refractivity contribution in [1.29, 1.82) is 0 Å². The number of likely N-dealkylation sites (tertiary alicyclic amines) is 1. The fourth-order valence-corrected chi connectivity index (χ4v) is 3.10. The Morgan fingerprint density at radius 2 is 2.17 bits per heavy atom. The van der Waals surface area contributed by atoms with Gasteiger partial charge in [0.1, 0.15) is 5.76 Å². The van der Waals surface area contributed by atoms with Gasteiger partial charge in [0.25, 0.3) is 0 Å². The van der Waals surface area contributed by atoms with Crippen LogP contribution in [-0.2, 0) is 16.0 Å². The summed E-state index contributed by atoms with van der Waals surface area (Å²) in [5.41, 5.74) is 0. The topological polar surface area (TPSA) is 63.9 Å². The molecule has 2 fully saturated rings. The quantitative estimate of drug-likeness (QED) is 0.905. The summed E-state index contributed by atoms with van der Waals surface area (Å²) in [6, 6.07) is 3.64. The van der Waals surface area contributed by atoms with E-state index in [9.17, 15) is 4.79 Å². The van der Waals surface area contributed by atoms with E-state index in [0.29, 0.717) is 13.2 Å². The smallest absolute Gasteiger partial charge is 0.317 e. The maximum atomic E-state index is 12.1. The zero-order chi connectivity index (χ0) is 15.9. The van der Waals surface area contributed by atoms with Crippen molar-refractivity contribution in [3.63, 3.8) is 0 Å². The molecule has 1 atom stereocenters. The molecular formula is C17H26N2O4. The van der Waals surface area contributed by atoms with E-state index in [2.05, 4.69) is 5.32 Å². The van der Waals surface area contributed by atoms with E-state index >= 15 is 0 Å². The molecular weight excluding hydrogens is 296 g/mol. The van der Waals surface area contributed by atoms with E-state index < -0.39 is 0 Å². The van der Waals surface area contributed by atoms with Crippen molar-refractivity contribution in [3.05, 3.63) is 24.2 Å². The van der Waals surface area contributed by atoms with Crippen LogP contribution in [0, 0.1) is 0 Å². The van der Waals surface area contributed by atoms with Gasteiger partial charge in [-0.1, -0.05) is 0 Å². The minimum atomic E-state index is -0.0320. The van der Waals surface area contributed by atoms with Crippen molar-refractivity contribution in [2.75, 3.05) is 26.3 Å². The number of amides is 2. The minimum Gasteiger partial charge on any atom is -0.467 e. The predicted molar refractivity (Wildman–Crippen MR) is 85.1 cm³/mol. The van der Waals surface area contributed by atoms with Crippen LogP contribution in [0.3, 0.4) is 0 Å². The van der Waals surface area contributed by atoms with Crippen molar-refractivity contribution in [2.45, 2.75) is 50.9 Å². The van der Waals surface area contributed by atoms with Gasteiger partial charge in [-0.25, -0.2) is 4.79 Å². The highest BCUT2D eigenvalue weighted by Crippen LogP contribution is 2.18. The van der Waals surface area contributed by atoms with Gasteiger partial charge >= 0.3 is 6.03 Å². The molecule has 1 N–H and O–H groups in total. The summed E-state index contributed by atoms with van der Waals surface area (Å²) in [4.78, 5) is 14.0. The molecule has 0 aromatic carbocycles. The van der Waals surface area contributed by atoms with Gasteiger partial charge in [-0.2, -0.15) is 0 Å². The second-order valence-corrected chi connectivity index (χ2v) is 6.25. The van der Waals surface area contributed by atoms with Crippen molar-refractivity contribution in [1.82, 2.24) is 10.2 Å². The summed E-state index contributed by atoms with van der Waals surface area (Å²) in [7, 11) is 0. The van der Waals surface area contributed by atoms with Gasteiger partial charge in [-0.15, -0.1) is 0 Å². The van der Waals surface area contributed by atoms with Gasteiger partial charge < -0.3 is 24.1 Å². The van der Waals surface area contributed by atoms with Crippen LogP contribution in [-0.4, -0.2) is 49.4 Å². The number of nitrogens with one attached hydrogen (secondary N) is 1. The third-order valence-corrected chi connectivity index (χ3v) is 4.51. The van der Waals surface area contributed by atoms with Crippen LogP contribution in [0.2, 0.25) is 0 Å². The molecule has 2 aliphatic rings. The van der Waals surface area contributed by atoms with Crippen LogP contribution in [0.4, 0.5) is 4.79 Å². The third kappa shape index (κ3) is 4.97. The number of hydrogen-bond donors (Lipinski definition) is 1. The first-order valence-corrected chi connectivity index (χ1v) is 8.59. The highest BCUT2D eigenvalue weighted by molar-refractivity contribution is 5.74. The molecule has 6 heteroatoms. The number of urea groups is 1. The van der Waals surface area contributed by atoms with Gasteiger partial charge in [0, 0.05) is 19.7 Å². The van der Waals surface area contributed by atoms with E-state index in [0.717, 1.165) is 44.7 Å². The van der Waals surface area contributed by atoms with Crippen molar-refractivity contribution in [2.24, 2.45) is 0 Å². The van der Waals surface area contributed by atoms with E-state index in [4.69, 9.17) is 13.9 Å². The highest BCUT2D eigenvalue weighted by atomic mass is 16.5. The molecule has 0 radical (unpaired) electrons. The number of ether oxygens (including phenoxy) is 2. The van der Waals surface area contributed by atoms with Crippen molar-refractivity contribution >= 4 is 6.03 Å². The first-order valence-electron chi connectivity index (χ1n) is 8.59. The fourth-order valence-electron chi connectivity index (χ4n) is 3.10. The number of furan rings is 1. The van der Waals surface area contributed by atoms with E-state index in [-0.39, 0.29) is 18.2 Å². The Balaban J connectivity index is 1.32. The lowest BCUT2D eigenvalue weighted by molar-refractivity contribution is -0.0728. The van der Waals surface area contributed by atoms with Gasteiger partial charge in [0.2, 0.25) is 0 Å². The Hall–Kier alpha value is -1.53. The summed E-state index contributed by atoms with van der Waals surface area (Å²) in [6.45, 7) is 3.46. The first kappa shape index (κ1) is 16.3. The Morgan fingerprint density at radius 3 is 2.87 bits per heavy atom. The third-order valence-electron chi connectivity index (χ3n) is 4.51. The maximum absolute atomic E-state index is 12.1. The number of rotatable bonds is 5. The summed E-state index contributed by atoms with van der Waals surface area (Å²) in [6.07, 6.45) is 7.41. The Labute approximate surface area is 137 Å². The lowest BCUT2D eigenvalue weighted by Gasteiger charge is -2.33. The molecule has 23 heavy (non-hydrogen) atoms. The Kier molecular flexibility index (Phi) is 5.93. The SMILES string of the molecule is O=C(NCc1ccco1)N1CCC(OC[C@@H]2CCCCO2)CC1. The largest absolute Gasteiger partial charge is 0.467 e. The number of carbonyl (C=O) groups excluding carboxylic acids is 1. The fraction of sp³-hybridized carbons (Fsp3) is 0.706. The normalized spacial score (nSPS) is 23.0. The van der Waals surface area contributed by atoms with Gasteiger partial charge in [0.15, 0.2) is 0 Å². The Morgan fingerprint density at radius 1 is 1.30 bits per heavy atom. The van der Waals surface area contributed by atoms with Crippen LogP contribution >= 0.6 is 0 Å². The van der Waals surface area contributed by atoms with E-state index in [1.165, 1.54) is 12.8 Å². The second-order valence-electron chi connectivity index (χ2n) is 6.25. The Bertz CT molecular complexity index is 463. The average Bonchev–Trinajstić information content (AvgIpc) is 3.13. The molecule has 0 saturated carbocycles. The van der Waals surface area contributed by atoms with E-state index in [1.807, 2.05) is 17.0 Å². The zero-order valence-electron chi connectivity index (χ0n) is 13.5. The van der Waals surface area contributed by atoms with Crippen molar-refractivity contribution < 1.29 is 18.7 Å². The van der Waals surface area contributed by atoms with Gasteiger partial charge in [-0.3, -0.25) is 0 Å². The summed E-state index contributed by atoms with van der Waals surface area (Å²) in [5.74, 6) is 0.768. The number of carbonyl (C=O) groups is 1. The van der Waals surface area contributed by atoms with Crippen LogP contribution < -0.4 is 5.32 Å². The summed E-state index contributed by atoms with van der Waals surface area (Å²) in [5, 5.41) is 2.89. The molecule has 0 spiro atoms. The molecule has 3 rings (SSSR count). The molecule has 128 valence electrons. The average molecular weight is 322 g/mol. The highest BCUT2D eigenvalue weighted by Gasteiger charge is 2.24.